The summed E-state index contributed by atoms with van der Waals surface area (Å²) in [5.74, 6) is -0.437. The van der Waals surface area contributed by atoms with Crippen molar-refractivity contribution in [2.45, 2.75) is 0 Å². The first-order valence-corrected chi connectivity index (χ1v) is 7.35. The van der Waals surface area contributed by atoms with Crippen molar-refractivity contribution in [1.29, 1.82) is 0 Å². The summed E-state index contributed by atoms with van der Waals surface area (Å²) in [7, 11) is 0. The molecule has 3 N–H and O–H groups in total. The van der Waals surface area contributed by atoms with Gasteiger partial charge in [-0.15, -0.1) is 0 Å². The van der Waals surface area contributed by atoms with Crippen LogP contribution in [0.1, 0.15) is 5.56 Å². The second-order valence-electron chi connectivity index (χ2n) is 3.90. The van der Waals surface area contributed by atoms with E-state index in [9.17, 15) is 4.39 Å². The molecule has 0 aliphatic carbocycles. The Kier molecular flexibility index (Phi) is 4.86. The average molecular weight is 394 g/mol. The summed E-state index contributed by atoms with van der Waals surface area (Å²) in [5, 5.41) is 3.72. The van der Waals surface area contributed by atoms with E-state index in [4.69, 9.17) is 41.2 Å². The van der Waals surface area contributed by atoms with Crippen LogP contribution in [0.5, 0.6) is 0 Å². The van der Waals surface area contributed by atoms with Crippen molar-refractivity contribution >= 4 is 67.7 Å². The van der Waals surface area contributed by atoms with Crippen LogP contribution in [0.25, 0.3) is 0 Å². The Morgan fingerprint density at radius 1 is 1.25 bits per heavy atom. The van der Waals surface area contributed by atoms with Gasteiger partial charge in [0.15, 0.2) is 0 Å². The predicted molar refractivity (Wildman–Crippen MR) is 89.7 cm³/mol. The zero-order chi connectivity index (χ0) is 14.9. The molecule has 20 heavy (non-hydrogen) atoms. The normalized spacial score (nSPS) is 10.4. The van der Waals surface area contributed by atoms with Gasteiger partial charge < -0.3 is 11.1 Å². The number of hydrogen-bond donors (Lipinski definition) is 2. The second kappa shape index (κ2) is 6.26. The van der Waals surface area contributed by atoms with Gasteiger partial charge in [-0.2, -0.15) is 0 Å². The molecule has 2 rings (SSSR count). The van der Waals surface area contributed by atoms with Crippen molar-refractivity contribution in [1.82, 2.24) is 0 Å². The van der Waals surface area contributed by atoms with Crippen molar-refractivity contribution in [3.63, 3.8) is 0 Å². The molecule has 7 heteroatoms. The third-order valence-corrected chi connectivity index (χ3v) is 3.97. The molecule has 0 bridgehead atoms. The van der Waals surface area contributed by atoms with Crippen LogP contribution in [0, 0.1) is 5.82 Å². The summed E-state index contributed by atoms with van der Waals surface area (Å²) in [4.78, 5) is 0.160. The molecule has 0 aliphatic heterocycles. The van der Waals surface area contributed by atoms with Gasteiger partial charge in [-0.3, -0.25) is 0 Å². The summed E-state index contributed by atoms with van der Waals surface area (Å²) in [6.45, 7) is 0. The van der Waals surface area contributed by atoms with Gasteiger partial charge in [-0.25, -0.2) is 4.39 Å². The molecular weight excluding hydrogens is 386 g/mol. The number of rotatable bonds is 3. The van der Waals surface area contributed by atoms with E-state index in [1.807, 2.05) is 0 Å². The molecule has 2 nitrogen and oxygen atoms in total. The molecule has 2 aromatic carbocycles. The largest absolute Gasteiger partial charge is 0.389 e. The van der Waals surface area contributed by atoms with E-state index < -0.39 is 5.82 Å². The number of halogens is 4. The van der Waals surface area contributed by atoms with Gasteiger partial charge in [0, 0.05) is 4.47 Å². The van der Waals surface area contributed by atoms with Crippen LogP contribution in [-0.2, 0) is 0 Å². The molecule has 0 amide bonds. The highest BCUT2D eigenvalue weighted by Gasteiger charge is 2.13. The Hall–Kier alpha value is -0.880. The van der Waals surface area contributed by atoms with Gasteiger partial charge in [0.25, 0.3) is 0 Å². The van der Waals surface area contributed by atoms with Gasteiger partial charge in [0.1, 0.15) is 10.8 Å². The zero-order valence-electron chi connectivity index (χ0n) is 9.88. The maximum Gasteiger partial charge on any atom is 0.125 e. The number of thiocarbonyl (C=S) groups is 1. The summed E-state index contributed by atoms with van der Waals surface area (Å²) in [5.41, 5.74) is 7.29. The molecule has 0 atom stereocenters. The molecule has 0 spiro atoms. The summed E-state index contributed by atoms with van der Waals surface area (Å²) >= 11 is 20.3. The monoisotopic (exact) mass is 392 g/mol. The van der Waals surface area contributed by atoms with Crippen molar-refractivity contribution < 1.29 is 4.39 Å². The predicted octanol–water partition coefficient (Wildman–Crippen LogP) is 5.27. The van der Waals surface area contributed by atoms with Crippen LogP contribution in [0.4, 0.5) is 15.8 Å². The van der Waals surface area contributed by atoms with E-state index in [1.165, 1.54) is 12.1 Å². The first-order chi connectivity index (χ1) is 9.40. The summed E-state index contributed by atoms with van der Waals surface area (Å²) < 4.78 is 13.7. The Morgan fingerprint density at radius 3 is 2.55 bits per heavy atom. The van der Waals surface area contributed by atoms with Gasteiger partial charge in [0.05, 0.1) is 27.0 Å². The molecule has 0 saturated carbocycles. The van der Waals surface area contributed by atoms with E-state index in [-0.39, 0.29) is 10.0 Å². The van der Waals surface area contributed by atoms with Gasteiger partial charge >= 0.3 is 0 Å². The van der Waals surface area contributed by atoms with Crippen LogP contribution in [0.2, 0.25) is 10.0 Å². The van der Waals surface area contributed by atoms with Gasteiger partial charge in [-0.1, -0.05) is 41.5 Å². The Morgan fingerprint density at radius 2 is 1.95 bits per heavy atom. The molecule has 0 aliphatic rings. The SMILES string of the molecule is NC(=S)c1c(Cl)cccc1Nc1c(Cl)cc(F)cc1Br. The number of nitrogens with one attached hydrogen (secondary N) is 1. The van der Waals surface area contributed by atoms with E-state index in [2.05, 4.69) is 21.2 Å². The highest BCUT2D eigenvalue weighted by molar-refractivity contribution is 9.10. The fourth-order valence-electron chi connectivity index (χ4n) is 1.68. The number of anilines is 2. The van der Waals surface area contributed by atoms with Crippen molar-refractivity contribution in [2.75, 3.05) is 5.32 Å². The van der Waals surface area contributed by atoms with Crippen molar-refractivity contribution in [3.05, 3.63) is 56.2 Å². The third kappa shape index (κ3) is 3.23. The van der Waals surface area contributed by atoms with E-state index in [1.54, 1.807) is 18.2 Å². The second-order valence-corrected chi connectivity index (χ2v) is 6.00. The molecule has 0 unspecified atom stereocenters. The molecule has 0 aromatic heterocycles. The van der Waals surface area contributed by atoms with Crippen LogP contribution in [0.15, 0.2) is 34.8 Å². The molecular formula is C13H8BrCl2FN2S. The van der Waals surface area contributed by atoms with Crippen LogP contribution in [-0.4, -0.2) is 4.99 Å². The molecule has 104 valence electrons. The number of hydrogen-bond acceptors (Lipinski definition) is 2. The lowest BCUT2D eigenvalue weighted by atomic mass is 10.1. The van der Waals surface area contributed by atoms with E-state index >= 15 is 0 Å². The van der Waals surface area contributed by atoms with E-state index in [0.717, 1.165) is 0 Å². The first kappa shape index (κ1) is 15.5. The van der Waals surface area contributed by atoms with Crippen molar-refractivity contribution in [3.8, 4) is 0 Å². The lowest BCUT2D eigenvalue weighted by molar-refractivity contribution is 0.627. The van der Waals surface area contributed by atoms with E-state index in [0.29, 0.717) is 26.4 Å². The lowest BCUT2D eigenvalue weighted by Crippen LogP contribution is -2.12. The number of benzene rings is 2. The zero-order valence-corrected chi connectivity index (χ0v) is 13.8. The summed E-state index contributed by atoms with van der Waals surface area (Å²) in [6, 6.07) is 7.70. The minimum absolute atomic E-state index is 0.160. The average Bonchev–Trinajstić information content (AvgIpc) is 2.33. The standard InChI is InChI=1S/C13H8BrCl2FN2S/c14-7-4-6(17)5-9(16)12(7)19-10-3-1-2-8(15)11(10)13(18)20/h1-5,19H,(H2,18,20). The van der Waals surface area contributed by atoms with Gasteiger partial charge in [0.2, 0.25) is 0 Å². The molecule has 0 fully saturated rings. The van der Waals surface area contributed by atoms with Crippen LogP contribution in [0.3, 0.4) is 0 Å². The quantitative estimate of drug-likeness (QED) is 0.697. The third-order valence-electron chi connectivity index (χ3n) is 2.53. The fraction of sp³-hybridized carbons (Fsp3) is 0. The Balaban J connectivity index is 2.51. The number of nitrogens with two attached hydrogens (primary N) is 1. The molecule has 2 aromatic rings. The lowest BCUT2D eigenvalue weighted by Gasteiger charge is -2.15. The Bertz CT molecular complexity index is 671. The summed E-state index contributed by atoms with van der Waals surface area (Å²) in [6.07, 6.45) is 0. The smallest absolute Gasteiger partial charge is 0.125 e. The molecule has 0 radical (unpaired) electrons. The maximum atomic E-state index is 13.2. The Labute approximate surface area is 139 Å². The first-order valence-electron chi connectivity index (χ1n) is 5.40. The molecule has 0 saturated heterocycles. The topological polar surface area (TPSA) is 38.0 Å². The fourth-order valence-corrected chi connectivity index (χ4v) is 3.13. The highest BCUT2D eigenvalue weighted by atomic mass is 79.9. The highest BCUT2D eigenvalue weighted by Crippen LogP contribution is 2.36. The van der Waals surface area contributed by atoms with Crippen molar-refractivity contribution in [2.24, 2.45) is 5.73 Å². The van der Waals surface area contributed by atoms with Crippen LogP contribution >= 0.6 is 51.3 Å². The van der Waals surface area contributed by atoms with Crippen LogP contribution < -0.4 is 11.1 Å². The minimum Gasteiger partial charge on any atom is -0.389 e. The minimum atomic E-state index is -0.437. The van der Waals surface area contributed by atoms with Gasteiger partial charge in [-0.05, 0) is 40.2 Å². The molecule has 0 heterocycles. The maximum absolute atomic E-state index is 13.2.